The van der Waals surface area contributed by atoms with Crippen molar-refractivity contribution in [2.45, 2.75) is 32.7 Å². The van der Waals surface area contributed by atoms with Gasteiger partial charge < -0.3 is 20.0 Å². The van der Waals surface area contributed by atoms with Gasteiger partial charge >= 0.3 is 35.4 Å². The number of allylic oxidation sites excluding steroid dienone is 2. The van der Waals surface area contributed by atoms with Gasteiger partial charge in [-0.3, -0.25) is 4.55 Å². The normalized spacial score (nSPS) is 14.9. The summed E-state index contributed by atoms with van der Waals surface area (Å²) in [6, 6.07) is 10.2. The van der Waals surface area contributed by atoms with Crippen molar-refractivity contribution in [2.75, 3.05) is 23.0 Å². The van der Waals surface area contributed by atoms with E-state index in [1.54, 1.807) is 58.0 Å². The minimum absolute atomic E-state index is 0. The number of hydrogen-bond donors (Lipinski definition) is 1. The van der Waals surface area contributed by atoms with Crippen molar-refractivity contribution in [2.24, 2.45) is 0 Å². The Morgan fingerprint density at radius 3 is 2.48 bits per heavy atom. The largest absolute Gasteiger partial charge is 1.00 e. The Kier molecular flexibility index (Phi) is 11.2. The molecule has 0 atom stereocenters. The Balaban J connectivity index is 0.00000294. The van der Waals surface area contributed by atoms with Crippen LogP contribution in [0.25, 0.3) is 17.2 Å². The van der Waals surface area contributed by atoms with E-state index in [0.717, 1.165) is 5.57 Å². The predicted octanol–water partition coefficient (Wildman–Crippen LogP) is 1.89. The quantitative estimate of drug-likeness (QED) is 0.189. The Hall–Kier alpha value is -1.61. The molecular weight excluding hydrogens is 614 g/mol. The van der Waals surface area contributed by atoms with E-state index >= 15 is 0 Å². The summed E-state index contributed by atoms with van der Waals surface area (Å²) in [4.78, 5) is 1.78. The van der Waals surface area contributed by atoms with E-state index < -0.39 is 31.7 Å². The number of nitrogens with zero attached hydrogens (tertiary/aromatic N) is 2. The van der Waals surface area contributed by atoms with Gasteiger partial charge in [-0.15, -0.1) is 0 Å². The molecular formula is C25H27Cl2N2NaO8S2. The van der Waals surface area contributed by atoms with Crippen LogP contribution in [0.3, 0.4) is 0 Å². The first kappa shape index (κ1) is 32.9. The molecule has 40 heavy (non-hydrogen) atoms. The average molecular weight is 642 g/mol. The molecule has 0 unspecified atom stereocenters. The summed E-state index contributed by atoms with van der Waals surface area (Å²) < 4.78 is 79.0. The minimum atomic E-state index is -4.38. The Bertz CT molecular complexity index is 1680. The van der Waals surface area contributed by atoms with Crippen LogP contribution in [0.4, 0.5) is 5.69 Å². The first-order valence-corrected chi connectivity index (χ1v) is 15.9. The fourth-order valence-electron chi connectivity index (χ4n) is 4.19. The fourth-order valence-corrected chi connectivity index (χ4v) is 5.50. The zero-order valence-corrected chi connectivity index (χ0v) is 27.0. The van der Waals surface area contributed by atoms with Crippen molar-refractivity contribution in [1.29, 1.82) is 0 Å². The van der Waals surface area contributed by atoms with Gasteiger partial charge in [0.15, 0.2) is 12.3 Å². The second-order valence-corrected chi connectivity index (χ2v) is 12.8. The van der Waals surface area contributed by atoms with E-state index in [0.29, 0.717) is 50.8 Å². The molecule has 1 aromatic heterocycles. The molecule has 2 heterocycles. The van der Waals surface area contributed by atoms with Crippen molar-refractivity contribution in [1.82, 2.24) is 0 Å². The van der Waals surface area contributed by atoms with Gasteiger partial charge in [0.25, 0.3) is 15.6 Å². The van der Waals surface area contributed by atoms with Crippen molar-refractivity contribution < 1.29 is 70.6 Å². The number of anilines is 1. The smallest absolute Gasteiger partial charge is 1.00 e. The summed E-state index contributed by atoms with van der Waals surface area (Å²) in [5, 5.41) is 0.949. The zero-order chi connectivity index (χ0) is 28.4. The monoisotopic (exact) mass is 640 g/mol. The molecule has 1 aliphatic rings. The second-order valence-electron chi connectivity index (χ2n) is 8.88. The van der Waals surface area contributed by atoms with Gasteiger partial charge in [0.2, 0.25) is 11.5 Å². The first-order chi connectivity index (χ1) is 18.3. The third-order valence-corrected chi connectivity index (χ3v) is 8.03. The number of aryl methyl sites for hydroxylation is 1. The molecule has 1 N–H and O–H groups in total. The molecule has 0 spiro atoms. The van der Waals surface area contributed by atoms with Gasteiger partial charge in [-0.25, -0.2) is 8.42 Å². The van der Waals surface area contributed by atoms with Crippen LogP contribution in [0.2, 0.25) is 10.0 Å². The van der Waals surface area contributed by atoms with Crippen LogP contribution in [0.1, 0.15) is 33.5 Å². The summed E-state index contributed by atoms with van der Waals surface area (Å²) in [7, 11) is -8.51. The van der Waals surface area contributed by atoms with Gasteiger partial charge in [-0.1, -0.05) is 30.1 Å². The second kappa shape index (κ2) is 13.6. The van der Waals surface area contributed by atoms with Crippen LogP contribution in [0, 0.1) is 0 Å². The van der Waals surface area contributed by atoms with Crippen molar-refractivity contribution in [3.63, 3.8) is 0 Å². The Labute approximate surface area is 266 Å². The van der Waals surface area contributed by atoms with E-state index in [2.05, 4.69) is 0 Å². The maximum absolute atomic E-state index is 11.3. The number of aromatic nitrogens is 1. The first-order valence-electron chi connectivity index (χ1n) is 12.0. The fraction of sp³-hybridized carbons (Fsp3) is 0.320. The van der Waals surface area contributed by atoms with E-state index in [-0.39, 0.29) is 56.9 Å². The van der Waals surface area contributed by atoms with Gasteiger partial charge in [-0.2, -0.15) is 13.0 Å². The molecule has 1 aliphatic heterocycles. The maximum Gasteiger partial charge on any atom is 1.00 e. The molecule has 15 heteroatoms. The van der Waals surface area contributed by atoms with E-state index in [9.17, 15) is 21.4 Å². The van der Waals surface area contributed by atoms with Gasteiger partial charge in [0.05, 0.1) is 27.6 Å². The SMILES string of the molecule is CCC(=Cc1oc2ccc(Cl)cc2[n+]1CCCS(=O)(=O)[O-])C=C1Oc2ccc(Cl)cc2N1CCCS(=O)(=O)O.[H-].[Na+]. The summed E-state index contributed by atoms with van der Waals surface area (Å²) in [6.07, 6.45) is 4.34. The molecule has 4 rings (SSSR count). The molecule has 0 saturated carbocycles. The van der Waals surface area contributed by atoms with Crippen LogP contribution in [-0.2, 0) is 26.8 Å². The third kappa shape index (κ3) is 8.70. The van der Waals surface area contributed by atoms with Crippen molar-refractivity contribution >= 4 is 66.3 Å². The summed E-state index contributed by atoms with van der Waals surface area (Å²) in [5.41, 5.74) is 2.61. The standard InChI is InChI=1S/C25H26Cl2N2O8S2.Na.H/c1-2-17(13-24-28(9-3-11-38(30,31)32)20-15-18(26)5-7-22(20)36-24)14-25-29(10-4-12-39(33,34)35)21-16-19(27)6-8-23(21)37-25;;/h5-8,13-16H,2-4,9-12H2,1H3,(H-,30,31,32,33,34,35);;/q;+1;-1. The summed E-state index contributed by atoms with van der Waals surface area (Å²) in [6.45, 7) is 2.37. The molecule has 3 aromatic rings. The molecule has 0 saturated heterocycles. The molecule has 0 aliphatic carbocycles. The van der Waals surface area contributed by atoms with E-state index in [1.807, 2.05) is 6.92 Å². The number of rotatable bonds is 11. The summed E-state index contributed by atoms with van der Waals surface area (Å²) >= 11 is 12.4. The molecule has 10 nitrogen and oxygen atoms in total. The van der Waals surface area contributed by atoms with Crippen LogP contribution in [-0.4, -0.2) is 44.0 Å². The third-order valence-electron chi connectivity index (χ3n) is 5.97. The molecule has 2 aromatic carbocycles. The summed E-state index contributed by atoms with van der Waals surface area (Å²) in [5.74, 6) is 0.456. The number of hydrogen-bond acceptors (Lipinski definition) is 8. The van der Waals surface area contributed by atoms with Crippen LogP contribution < -0.4 is 43.8 Å². The van der Waals surface area contributed by atoms with Gasteiger partial charge in [0.1, 0.15) is 0 Å². The van der Waals surface area contributed by atoms with Crippen molar-refractivity contribution in [3.8, 4) is 5.75 Å². The number of oxazole rings is 1. The Morgan fingerprint density at radius 1 is 1.10 bits per heavy atom. The number of benzene rings is 2. The van der Waals surface area contributed by atoms with Crippen molar-refractivity contribution in [3.05, 3.63) is 69.9 Å². The maximum atomic E-state index is 11.3. The Morgan fingerprint density at radius 2 is 1.80 bits per heavy atom. The van der Waals surface area contributed by atoms with Gasteiger partial charge in [0, 0.05) is 40.9 Å². The van der Waals surface area contributed by atoms with Gasteiger partial charge in [-0.05, 0) is 48.7 Å². The molecule has 0 fully saturated rings. The zero-order valence-electron chi connectivity index (χ0n) is 22.8. The van der Waals surface area contributed by atoms with E-state index in [1.165, 1.54) is 0 Å². The predicted molar refractivity (Wildman–Crippen MR) is 149 cm³/mol. The van der Waals surface area contributed by atoms with Crippen LogP contribution in [0.15, 0.2) is 58.3 Å². The van der Waals surface area contributed by atoms with E-state index in [4.69, 9.17) is 36.9 Å². The number of halogens is 2. The molecule has 0 bridgehead atoms. The topological polar surface area (TPSA) is 141 Å². The molecule has 0 radical (unpaired) electrons. The average Bonchev–Trinajstić information content (AvgIpc) is 3.34. The number of fused-ring (bicyclic) bond motifs is 2. The molecule has 212 valence electrons. The number of ether oxygens (including phenoxy) is 1. The van der Waals surface area contributed by atoms with Crippen LogP contribution in [0.5, 0.6) is 5.75 Å². The minimum Gasteiger partial charge on any atom is -1.00 e. The van der Waals surface area contributed by atoms with Crippen LogP contribution >= 0.6 is 23.2 Å². The molecule has 0 amide bonds.